The Bertz CT molecular complexity index is 361. The van der Waals surface area contributed by atoms with Gasteiger partial charge in [-0.3, -0.25) is 0 Å². The van der Waals surface area contributed by atoms with E-state index in [1.807, 2.05) is 0 Å². The Hall–Kier alpha value is -0.120. The van der Waals surface area contributed by atoms with Crippen molar-refractivity contribution in [3.05, 3.63) is 44.4 Å². The van der Waals surface area contributed by atoms with E-state index in [2.05, 4.69) is 82.2 Å². The number of allylic oxidation sites excluding steroid dienone is 1. The quantitative estimate of drug-likeness (QED) is 0.770. The smallest absolute Gasteiger partial charge is 0.0509 e. The molecule has 1 atom stereocenters. The van der Waals surface area contributed by atoms with Crippen molar-refractivity contribution in [1.29, 1.82) is 0 Å². The maximum atomic E-state index is 3.52. The highest BCUT2D eigenvalue weighted by Crippen LogP contribution is 2.25. The fraction of sp³-hybridized carbons (Fsp3) is 0.385. The molecule has 0 spiro atoms. The van der Waals surface area contributed by atoms with Gasteiger partial charge in [-0.2, -0.15) is 0 Å². The molecule has 0 aromatic heterocycles. The molecule has 0 aliphatic heterocycles. The van der Waals surface area contributed by atoms with Gasteiger partial charge >= 0.3 is 0 Å². The van der Waals surface area contributed by atoms with E-state index in [4.69, 9.17) is 0 Å². The van der Waals surface area contributed by atoms with Crippen LogP contribution in [0.1, 0.15) is 32.4 Å². The van der Waals surface area contributed by atoms with Crippen molar-refractivity contribution in [2.75, 3.05) is 6.54 Å². The molecule has 16 heavy (non-hydrogen) atoms. The lowest BCUT2D eigenvalue weighted by Gasteiger charge is -2.16. The van der Waals surface area contributed by atoms with Gasteiger partial charge in [-0.05, 0) is 44.2 Å². The number of hydrogen-bond donors (Lipinski definition) is 1. The van der Waals surface area contributed by atoms with Gasteiger partial charge in [0.25, 0.3) is 0 Å². The summed E-state index contributed by atoms with van der Waals surface area (Å²) in [6.07, 6.45) is 2.25. The summed E-state index contributed by atoms with van der Waals surface area (Å²) in [7, 11) is 0. The van der Waals surface area contributed by atoms with Crippen LogP contribution in [0.3, 0.4) is 0 Å². The summed E-state index contributed by atoms with van der Waals surface area (Å²) in [5.41, 5.74) is 2.59. The fourth-order valence-corrected chi connectivity index (χ4v) is 2.91. The Kier molecular flexibility index (Phi) is 5.73. The highest BCUT2D eigenvalue weighted by atomic mass is 79.9. The number of nitrogens with one attached hydrogen (secondary N) is 1. The van der Waals surface area contributed by atoms with Crippen molar-refractivity contribution in [3.8, 4) is 0 Å². The summed E-state index contributed by atoms with van der Waals surface area (Å²) in [6, 6.07) is 6.63. The number of hydrogen-bond acceptors (Lipinski definition) is 1. The highest BCUT2D eigenvalue weighted by Gasteiger charge is 2.08. The topological polar surface area (TPSA) is 12.0 Å². The van der Waals surface area contributed by atoms with Crippen LogP contribution in [0.4, 0.5) is 0 Å². The number of rotatable bonds is 4. The largest absolute Gasteiger partial charge is 0.307 e. The maximum Gasteiger partial charge on any atom is 0.0509 e. The second kappa shape index (κ2) is 6.58. The SMILES string of the molecule is CCNC(C=C(C)C)c1cc(Br)cc(Br)c1. The third-order valence-corrected chi connectivity index (χ3v) is 3.08. The molecule has 1 unspecified atom stereocenters. The molecule has 0 amide bonds. The molecule has 0 aliphatic carbocycles. The molecular weight excluding hydrogens is 330 g/mol. The minimum atomic E-state index is 0.281. The van der Waals surface area contributed by atoms with Crippen LogP contribution in [-0.4, -0.2) is 6.54 Å². The molecular formula is C13H17Br2N. The highest BCUT2D eigenvalue weighted by molar-refractivity contribution is 9.11. The average Bonchev–Trinajstić information content (AvgIpc) is 2.14. The zero-order valence-electron chi connectivity index (χ0n) is 9.85. The van der Waals surface area contributed by atoms with Crippen LogP contribution in [0.15, 0.2) is 38.8 Å². The third-order valence-electron chi connectivity index (χ3n) is 2.17. The van der Waals surface area contributed by atoms with Gasteiger partial charge in [-0.15, -0.1) is 0 Å². The summed E-state index contributed by atoms with van der Waals surface area (Å²) in [4.78, 5) is 0. The Labute approximate surface area is 115 Å². The van der Waals surface area contributed by atoms with E-state index in [9.17, 15) is 0 Å². The first-order chi connectivity index (χ1) is 7.52. The number of benzene rings is 1. The lowest BCUT2D eigenvalue weighted by atomic mass is 10.0. The summed E-state index contributed by atoms with van der Waals surface area (Å²) in [5.74, 6) is 0. The average molecular weight is 347 g/mol. The summed E-state index contributed by atoms with van der Waals surface area (Å²) < 4.78 is 2.20. The van der Waals surface area contributed by atoms with Gasteiger partial charge in [0.2, 0.25) is 0 Å². The first kappa shape index (κ1) is 13.9. The molecule has 1 aromatic carbocycles. The van der Waals surface area contributed by atoms with Crippen LogP contribution in [0, 0.1) is 0 Å². The zero-order chi connectivity index (χ0) is 12.1. The summed E-state index contributed by atoms with van der Waals surface area (Å²) in [6.45, 7) is 7.33. The predicted octanol–water partition coefficient (Wildman–Crippen LogP) is 4.83. The lowest BCUT2D eigenvalue weighted by molar-refractivity contribution is 0.644. The van der Waals surface area contributed by atoms with E-state index in [0.29, 0.717) is 0 Å². The van der Waals surface area contributed by atoms with Crippen molar-refractivity contribution in [1.82, 2.24) is 5.32 Å². The lowest BCUT2D eigenvalue weighted by Crippen LogP contribution is -2.19. The molecule has 0 bridgehead atoms. The minimum absolute atomic E-state index is 0.281. The van der Waals surface area contributed by atoms with Gasteiger partial charge in [-0.25, -0.2) is 0 Å². The predicted molar refractivity (Wildman–Crippen MR) is 77.7 cm³/mol. The number of likely N-dealkylation sites (N-methyl/N-ethyl adjacent to an activating group) is 1. The van der Waals surface area contributed by atoms with E-state index in [1.165, 1.54) is 11.1 Å². The van der Waals surface area contributed by atoms with E-state index in [0.717, 1.165) is 15.5 Å². The van der Waals surface area contributed by atoms with Crippen LogP contribution < -0.4 is 5.32 Å². The molecule has 1 nitrogen and oxygen atoms in total. The van der Waals surface area contributed by atoms with Gasteiger partial charge in [-0.1, -0.05) is 50.4 Å². The van der Waals surface area contributed by atoms with E-state index >= 15 is 0 Å². The molecule has 0 heterocycles. The first-order valence-electron chi connectivity index (χ1n) is 5.37. The molecule has 1 rings (SSSR count). The molecule has 0 aliphatic rings. The van der Waals surface area contributed by atoms with Crippen molar-refractivity contribution < 1.29 is 0 Å². The zero-order valence-corrected chi connectivity index (χ0v) is 13.0. The van der Waals surface area contributed by atoms with E-state index < -0.39 is 0 Å². The molecule has 3 heteroatoms. The Morgan fingerprint density at radius 3 is 2.25 bits per heavy atom. The Balaban J connectivity index is 3.05. The molecule has 0 radical (unpaired) electrons. The van der Waals surface area contributed by atoms with Gasteiger partial charge < -0.3 is 5.32 Å². The molecule has 1 N–H and O–H groups in total. The van der Waals surface area contributed by atoms with E-state index in [-0.39, 0.29) is 6.04 Å². The van der Waals surface area contributed by atoms with E-state index in [1.54, 1.807) is 0 Å². The van der Waals surface area contributed by atoms with Gasteiger partial charge in [0.15, 0.2) is 0 Å². The monoisotopic (exact) mass is 345 g/mol. The van der Waals surface area contributed by atoms with Crippen LogP contribution in [0.2, 0.25) is 0 Å². The van der Waals surface area contributed by atoms with Crippen molar-refractivity contribution in [2.45, 2.75) is 26.8 Å². The van der Waals surface area contributed by atoms with Crippen molar-refractivity contribution >= 4 is 31.9 Å². The normalized spacial score (nSPS) is 12.3. The summed E-state index contributed by atoms with van der Waals surface area (Å²) >= 11 is 7.04. The standard InChI is InChI=1S/C13H17Br2N/c1-4-16-13(5-9(2)3)10-6-11(14)8-12(15)7-10/h5-8,13,16H,4H2,1-3H3. The van der Waals surface area contributed by atoms with Gasteiger partial charge in [0.05, 0.1) is 6.04 Å². The van der Waals surface area contributed by atoms with Crippen LogP contribution >= 0.6 is 31.9 Å². The van der Waals surface area contributed by atoms with Gasteiger partial charge in [0.1, 0.15) is 0 Å². The van der Waals surface area contributed by atoms with Crippen molar-refractivity contribution in [2.24, 2.45) is 0 Å². The Morgan fingerprint density at radius 2 is 1.81 bits per heavy atom. The van der Waals surface area contributed by atoms with Crippen LogP contribution in [-0.2, 0) is 0 Å². The summed E-state index contributed by atoms with van der Waals surface area (Å²) in [5, 5.41) is 3.47. The van der Waals surface area contributed by atoms with Gasteiger partial charge in [0, 0.05) is 8.95 Å². The second-order valence-electron chi connectivity index (χ2n) is 3.98. The fourth-order valence-electron chi connectivity index (χ4n) is 1.58. The third kappa shape index (κ3) is 4.40. The molecule has 1 aromatic rings. The Morgan fingerprint density at radius 1 is 1.25 bits per heavy atom. The van der Waals surface area contributed by atoms with Crippen LogP contribution in [0.25, 0.3) is 0 Å². The first-order valence-corrected chi connectivity index (χ1v) is 6.96. The maximum absolute atomic E-state index is 3.52. The molecule has 0 saturated heterocycles. The molecule has 0 fully saturated rings. The number of halogens is 2. The molecule has 88 valence electrons. The molecule has 0 saturated carbocycles. The second-order valence-corrected chi connectivity index (χ2v) is 5.81. The van der Waals surface area contributed by atoms with Crippen molar-refractivity contribution in [3.63, 3.8) is 0 Å². The van der Waals surface area contributed by atoms with Crippen LogP contribution in [0.5, 0.6) is 0 Å². The minimum Gasteiger partial charge on any atom is -0.307 e.